The molecule has 2 aromatic rings. The maximum Gasteiger partial charge on any atom is 0.0945 e. The summed E-state index contributed by atoms with van der Waals surface area (Å²) in [5.41, 5.74) is 3.96. The Morgan fingerprint density at radius 1 is 1.20 bits per heavy atom. The summed E-state index contributed by atoms with van der Waals surface area (Å²) >= 11 is 0. The first-order valence-electron chi connectivity index (χ1n) is 7.39. The number of nitrogens with one attached hydrogen (secondary N) is 1. The monoisotopic (exact) mass is 271 g/mol. The van der Waals surface area contributed by atoms with Crippen molar-refractivity contribution in [2.24, 2.45) is 13.0 Å². The van der Waals surface area contributed by atoms with Crippen molar-refractivity contribution in [3.63, 3.8) is 0 Å². The highest BCUT2D eigenvalue weighted by molar-refractivity contribution is 5.25. The molecule has 0 spiro atoms. The second-order valence-corrected chi connectivity index (χ2v) is 5.69. The van der Waals surface area contributed by atoms with Gasteiger partial charge in [-0.1, -0.05) is 45.0 Å². The Labute approximate surface area is 122 Å². The lowest BCUT2D eigenvalue weighted by Gasteiger charge is -2.23. The van der Waals surface area contributed by atoms with E-state index in [1.165, 1.54) is 16.8 Å². The summed E-state index contributed by atoms with van der Waals surface area (Å²) in [6, 6.07) is 9.34. The zero-order valence-corrected chi connectivity index (χ0v) is 12.9. The van der Waals surface area contributed by atoms with E-state index >= 15 is 0 Å². The first-order valence-corrected chi connectivity index (χ1v) is 7.39. The Balaban J connectivity index is 2.08. The zero-order chi connectivity index (χ0) is 14.5. The lowest BCUT2D eigenvalue weighted by Crippen LogP contribution is -2.26. The summed E-state index contributed by atoms with van der Waals surface area (Å²) in [6.45, 7) is 7.55. The molecule has 20 heavy (non-hydrogen) atoms. The van der Waals surface area contributed by atoms with E-state index in [1.54, 1.807) is 0 Å². The number of imidazole rings is 1. The molecule has 1 atom stereocenters. The van der Waals surface area contributed by atoms with E-state index in [0.29, 0.717) is 12.0 Å². The molecule has 1 aromatic carbocycles. The van der Waals surface area contributed by atoms with Gasteiger partial charge in [0, 0.05) is 25.8 Å². The van der Waals surface area contributed by atoms with E-state index in [0.717, 1.165) is 13.0 Å². The zero-order valence-electron chi connectivity index (χ0n) is 12.9. The lowest BCUT2D eigenvalue weighted by molar-refractivity contribution is 0.406. The normalized spacial score (nSPS) is 12.8. The smallest absolute Gasteiger partial charge is 0.0945 e. The minimum atomic E-state index is 0.371. The van der Waals surface area contributed by atoms with Crippen molar-refractivity contribution in [3.05, 3.63) is 53.6 Å². The maximum atomic E-state index is 4.16. The Kier molecular flexibility index (Phi) is 4.96. The van der Waals surface area contributed by atoms with Crippen molar-refractivity contribution in [2.75, 3.05) is 0 Å². The van der Waals surface area contributed by atoms with E-state index < -0.39 is 0 Å². The lowest BCUT2D eigenvalue weighted by atomic mass is 9.95. The molecule has 1 N–H and O–H groups in total. The molecule has 0 aliphatic heterocycles. The van der Waals surface area contributed by atoms with Gasteiger partial charge >= 0.3 is 0 Å². The predicted molar refractivity (Wildman–Crippen MR) is 83.4 cm³/mol. The molecular weight excluding hydrogens is 246 g/mol. The van der Waals surface area contributed by atoms with E-state index in [4.69, 9.17) is 0 Å². The van der Waals surface area contributed by atoms with Gasteiger partial charge in [0.15, 0.2) is 0 Å². The molecule has 1 aromatic heterocycles. The molecule has 3 nitrogen and oxygen atoms in total. The number of rotatable bonds is 6. The third-order valence-electron chi connectivity index (χ3n) is 3.83. The number of aryl methyl sites for hydroxylation is 2. The van der Waals surface area contributed by atoms with Crippen LogP contribution in [0, 0.1) is 5.92 Å². The molecule has 0 aliphatic rings. The number of hydrogen-bond donors (Lipinski definition) is 1. The molecule has 0 aliphatic carbocycles. The van der Waals surface area contributed by atoms with Gasteiger partial charge in [-0.3, -0.25) is 0 Å². The fourth-order valence-corrected chi connectivity index (χ4v) is 2.47. The van der Waals surface area contributed by atoms with Gasteiger partial charge in [-0.2, -0.15) is 0 Å². The van der Waals surface area contributed by atoms with Gasteiger partial charge in [0.2, 0.25) is 0 Å². The van der Waals surface area contributed by atoms with Crippen molar-refractivity contribution in [3.8, 4) is 0 Å². The van der Waals surface area contributed by atoms with Crippen LogP contribution in [-0.2, 0) is 20.0 Å². The van der Waals surface area contributed by atoms with Crippen molar-refractivity contribution >= 4 is 0 Å². The molecule has 0 saturated carbocycles. The van der Waals surface area contributed by atoms with Crippen LogP contribution in [0.1, 0.15) is 43.6 Å². The number of aromatic nitrogens is 2. The summed E-state index contributed by atoms with van der Waals surface area (Å²) < 4.78 is 2.06. The van der Waals surface area contributed by atoms with Crippen LogP contribution in [0.2, 0.25) is 0 Å². The minimum Gasteiger partial charge on any atom is -0.337 e. The molecule has 0 fully saturated rings. The van der Waals surface area contributed by atoms with Crippen LogP contribution in [0.5, 0.6) is 0 Å². The van der Waals surface area contributed by atoms with Gasteiger partial charge in [-0.15, -0.1) is 0 Å². The highest BCUT2D eigenvalue weighted by atomic mass is 15.0. The number of hydrogen-bond acceptors (Lipinski definition) is 2. The molecule has 0 radical (unpaired) electrons. The SMILES string of the molecule is CCc1ccc(C(NCc2cncn2C)C(C)C)cc1. The fraction of sp³-hybridized carbons (Fsp3) is 0.471. The fourth-order valence-electron chi connectivity index (χ4n) is 2.47. The van der Waals surface area contributed by atoms with Crippen molar-refractivity contribution in [1.82, 2.24) is 14.9 Å². The molecule has 0 saturated heterocycles. The summed E-state index contributed by atoms with van der Waals surface area (Å²) in [5.74, 6) is 0.552. The second kappa shape index (κ2) is 6.71. The topological polar surface area (TPSA) is 29.9 Å². The van der Waals surface area contributed by atoms with E-state index in [2.05, 4.69) is 59.9 Å². The minimum absolute atomic E-state index is 0.371. The van der Waals surface area contributed by atoms with Crippen LogP contribution < -0.4 is 5.32 Å². The second-order valence-electron chi connectivity index (χ2n) is 5.69. The summed E-state index contributed by atoms with van der Waals surface area (Å²) in [4.78, 5) is 4.16. The van der Waals surface area contributed by atoms with Gasteiger partial charge in [0.25, 0.3) is 0 Å². The summed E-state index contributed by atoms with van der Waals surface area (Å²) in [5, 5.41) is 3.66. The largest absolute Gasteiger partial charge is 0.337 e. The maximum absolute atomic E-state index is 4.16. The van der Waals surface area contributed by atoms with Crippen LogP contribution in [0.25, 0.3) is 0 Å². The van der Waals surface area contributed by atoms with Gasteiger partial charge in [0.05, 0.1) is 12.0 Å². The van der Waals surface area contributed by atoms with E-state index in [-0.39, 0.29) is 0 Å². The van der Waals surface area contributed by atoms with Crippen LogP contribution in [-0.4, -0.2) is 9.55 Å². The predicted octanol–water partition coefficient (Wildman–Crippen LogP) is 3.47. The average Bonchev–Trinajstić information content (AvgIpc) is 2.85. The third kappa shape index (κ3) is 3.48. The Morgan fingerprint density at radius 2 is 1.90 bits per heavy atom. The summed E-state index contributed by atoms with van der Waals surface area (Å²) in [7, 11) is 2.03. The van der Waals surface area contributed by atoms with Gasteiger partial charge < -0.3 is 9.88 Å². The first kappa shape index (κ1) is 14.8. The molecule has 3 heteroatoms. The van der Waals surface area contributed by atoms with Crippen LogP contribution in [0.15, 0.2) is 36.8 Å². The van der Waals surface area contributed by atoms with E-state index in [9.17, 15) is 0 Å². The standard InChI is InChI=1S/C17H25N3/c1-5-14-6-8-15(9-7-14)17(13(2)3)19-11-16-10-18-12-20(16)4/h6-10,12-13,17,19H,5,11H2,1-4H3. The third-order valence-corrected chi connectivity index (χ3v) is 3.83. The highest BCUT2D eigenvalue weighted by Gasteiger charge is 2.15. The molecule has 1 heterocycles. The average molecular weight is 271 g/mol. The molecule has 108 valence electrons. The van der Waals surface area contributed by atoms with Crippen LogP contribution in [0.4, 0.5) is 0 Å². The van der Waals surface area contributed by atoms with Crippen molar-refractivity contribution in [2.45, 2.75) is 39.8 Å². The molecule has 0 bridgehead atoms. The molecule has 1 unspecified atom stereocenters. The quantitative estimate of drug-likeness (QED) is 0.872. The van der Waals surface area contributed by atoms with Crippen molar-refractivity contribution < 1.29 is 0 Å². The Hall–Kier alpha value is -1.61. The first-order chi connectivity index (χ1) is 9.61. The van der Waals surface area contributed by atoms with Gasteiger partial charge in [-0.25, -0.2) is 4.98 Å². The van der Waals surface area contributed by atoms with Crippen LogP contribution >= 0.6 is 0 Å². The van der Waals surface area contributed by atoms with E-state index in [1.807, 2.05) is 19.6 Å². The molecule has 2 rings (SSSR count). The Morgan fingerprint density at radius 3 is 2.40 bits per heavy atom. The number of benzene rings is 1. The van der Waals surface area contributed by atoms with Crippen molar-refractivity contribution in [1.29, 1.82) is 0 Å². The summed E-state index contributed by atoms with van der Waals surface area (Å²) in [6.07, 6.45) is 4.86. The highest BCUT2D eigenvalue weighted by Crippen LogP contribution is 2.22. The van der Waals surface area contributed by atoms with Gasteiger partial charge in [-0.05, 0) is 23.5 Å². The number of nitrogens with zero attached hydrogens (tertiary/aromatic N) is 2. The molecule has 0 amide bonds. The van der Waals surface area contributed by atoms with Gasteiger partial charge in [0.1, 0.15) is 0 Å². The Bertz CT molecular complexity index is 525. The molecular formula is C17H25N3. The van der Waals surface area contributed by atoms with Crippen LogP contribution in [0.3, 0.4) is 0 Å².